The molecule has 0 aliphatic heterocycles. The van der Waals surface area contributed by atoms with Crippen LogP contribution < -0.4 is 10.6 Å². The molecule has 0 atom stereocenters. The molecule has 0 heterocycles. The number of rotatable bonds is 8. The predicted molar refractivity (Wildman–Crippen MR) is 95.4 cm³/mol. The highest BCUT2D eigenvalue weighted by Gasteiger charge is 2.04. The Labute approximate surface area is 143 Å². The van der Waals surface area contributed by atoms with Gasteiger partial charge in [0.05, 0.1) is 11.6 Å². The maximum absolute atomic E-state index is 11.9. The fourth-order valence-corrected chi connectivity index (χ4v) is 2.36. The third kappa shape index (κ3) is 5.53. The summed E-state index contributed by atoms with van der Waals surface area (Å²) in [6, 6.07) is 17.4. The van der Waals surface area contributed by atoms with E-state index in [1.54, 1.807) is 6.07 Å². The summed E-state index contributed by atoms with van der Waals surface area (Å²) < 4.78 is 0. The van der Waals surface area contributed by atoms with Gasteiger partial charge in [-0.15, -0.1) is 0 Å². The number of nitriles is 1. The number of hydrogen-bond donors (Lipinski definition) is 2. The van der Waals surface area contributed by atoms with Crippen LogP contribution in [0.1, 0.15) is 46.8 Å². The lowest BCUT2D eigenvalue weighted by Gasteiger charge is -2.07. The normalized spacial score (nSPS) is 10.2. The minimum Gasteiger partial charge on any atom is -0.352 e. The molecule has 24 heavy (non-hydrogen) atoms. The molecule has 2 aromatic rings. The Bertz CT molecular complexity index is 702. The van der Waals surface area contributed by atoms with Gasteiger partial charge in [-0.25, -0.2) is 0 Å². The molecule has 1 amide bonds. The van der Waals surface area contributed by atoms with Gasteiger partial charge in [0.15, 0.2) is 0 Å². The highest BCUT2D eigenvalue weighted by molar-refractivity contribution is 5.94. The zero-order chi connectivity index (χ0) is 17.2. The van der Waals surface area contributed by atoms with Crippen molar-refractivity contribution in [3.63, 3.8) is 0 Å². The number of nitrogens with one attached hydrogen (secondary N) is 2. The fraction of sp³-hybridized carbons (Fsp3) is 0.300. The van der Waals surface area contributed by atoms with E-state index in [1.807, 2.05) is 42.5 Å². The van der Waals surface area contributed by atoms with Gasteiger partial charge in [-0.2, -0.15) is 5.26 Å². The summed E-state index contributed by atoms with van der Waals surface area (Å²) in [7, 11) is 0. The van der Waals surface area contributed by atoms with E-state index in [4.69, 9.17) is 5.26 Å². The average molecular weight is 321 g/mol. The van der Waals surface area contributed by atoms with Crippen LogP contribution in [0.2, 0.25) is 0 Å². The van der Waals surface area contributed by atoms with Gasteiger partial charge in [0, 0.05) is 25.2 Å². The van der Waals surface area contributed by atoms with Gasteiger partial charge in [0.2, 0.25) is 0 Å². The van der Waals surface area contributed by atoms with E-state index in [-0.39, 0.29) is 5.91 Å². The van der Waals surface area contributed by atoms with E-state index in [2.05, 4.69) is 23.6 Å². The van der Waals surface area contributed by atoms with Crippen molar-refractivity contribution in [2.45, 2.75) is 32.9 Å². The average Bonchev–Trinajstić information content (AvgIpc) is 2.62. The molecule has 0 aliphatic carbocycles. The van der Waals surface area contributed by atoms with Gasteiger partial charge in [-0.1, -0.05) is 37.6 Å². The van der Waals surface area contributed by atoms with Crippen molar-refractivity contribution in [3.05, 3.63) is 70.8 Å². The molecule has 2 N–H and O–H groups in total. The lowest BCUT2D eigenvalue weighted by atomic mass is 10.1. The first-order valence-corrected chi connectivity index (χ1v) is 8.30. The van der Waals surface area contributed by atoms with Crippen LogP contribution in [0.15, 0.2) is 48.5 Å². The molecule has 0 aliphatic rings. The highest BCUT2D eigenvalue weighted by atomic mass is 16.1. The van der Waals surface area contributed by atoms with E-state index in [9.17, 15) is 4.79 Å². The zero-order valence-corrected chi connectivity index (χ0v) is 14.0. The van der Waals surface area contributed by atoms with E-state index < -0.39 is 0 Å². The van der Waals surface area contributed by atoms with Crippen molar-refractivity contribution >= 4 is 5.91 Å². The Morgan fingerprint density at radius 1 is 1.08 bits per heavy atom. The Morgan fingerprint density at radius 3 is 2.54 bits per heavy atom. The second-order valence-electron chi connectivity index (χ2n) is 5.72. The third-order valence-electron chi connectivity index (χ3n) is 3.75. The Kier molecular flexibility index (Phi) is 7.00. The minimum absolute atomic E-state index is 0.0173. The molecule has 4 heteroatoms. The van der Waals surface area contributed by atoms with Gasteiger partial charge in [0.25, 0.3) is 5.91 Å². The molecule has 0 saturated carbocycles. The van der Waals surface area contributed by atoms with Crippen LogP contribution in [-0.2, 0) is 13.1 Å². The summed E-state index contributed by atoms with van der Waals surface area (Å²) in [5.74, 6) is -0.0173. The number of benzene rings is 2. The van der Waals surface area contributed by atoms with Gasteiger partial charge >= 0.3 is 0 Å². The summed E-state index contributed by atoms with van der Waals surface area (Å²) in [4.78, 5) is 11.9. The van der Waals surface area contributed by atoms with Gasteiger partial charge < -0.3 is 10.6 Å². The van der Waals surface area contributed by atoms with Crippen LogP contribution in [0.4, 0.5) is 0 Å². The minimum atomic E-state index is -0.0173. The summed E-state index contributed by atoms with van der Waals surface area (Å²) >= 11 is 0. The summed E-state index contributed by atoms with van der Waals surface area (Å²) in [6.45, 7) is 4.24. The number of amides is 1. The van der Waals surface area contributed by atoms with Crippen molar-refractivity contribution in [2.24, 2.45) is 0 Å². The molecule has 0 fully saturated rings. The van der Waals surface area contributed by atoms with E-state index in [0.29, 0.717) is 24.2 Å². The second-order valence-corrected chi connectivity index (χ2v) is 5.72. The summed E-state index contributed by atoms with van der Waals surface area (Å²) in [6.07, 6.45) is 2.07. The number of unbranched alkanes of at least 4 members (excludes halogenated alkanes) is 1. The number of carbonyl (C=O) groups is 1. The van der Waals surface area contributed by atoms with E-state index in [1.165, 1.54) is 0 Å². The monoisotopic (exact) mass is 321 g/mol. The first-order chi connectivity index (χ1) is 11.7. The summed E-state index contributed by atoms with van der Waals surface area (Å²) in [5.41, 5.74) is 3.57. The molecule has 0 saturated heterocycles. The Hall–Kier alpha value is -2.64. The van der Waals surface area contributed by atoms with Crippen LogP contribution in [-0.4, -0.2) is 12.5 Å². The maximum atomic E-state index is 11.9. The fourth-order valence-electron chi connectivity index (χ4n) is 2.36. The molecule has 124 valence electrons. The number of carbonyl (C=O) groups excluding carboxylic acids is 1. The first-order valence-electron chi connectivity index (χ1n) is 8.30. The van der Waals surface area contributed by atoms with Crippen LogP contribution in [0.25, 0.3) is 0 Å². The van der Waals surface area contributed by atoms with Crippen LogP contribution in [0.5, 0.6) is 0 Å². The number of nitrogens with zero attached hydrogens (tertiary/aromatic N) is 1. The van der Waals surface area contributed by atoms with Crippen molar-refractivity contribution < 1.29 is 4.79 Å². The smallest absolute Gasteiger partial charge is 0.251 e. The van der Waals surface area contributed by atoms with Crippen LogP contribution >= 0.6 is 0 Å². The lowest BCUT2D eigenvalue weighted by molar-refractivity contribution is 0.0953. The molecule has 4 nitrogen and oxygen atoms in total. The van der Waals surface area contributed by atoms with Crippen LogP contribution in [0, 0.1) is 11.3 Å². The Balaban J connectivity index is 1.81. The molecular formula is C20H23N3O. The lowest BCUT2D eigenvalue weighted by Crippen LogP contribution is -2.24. The van der Waals surface area contributed by atoms with Crippen molar-refractivity contribution in [3.8, 4) is 6.07 Å². The van der Waals surface area contributed by atoms with Crippen LogP contribution in [0.3, 0.4) is 0 Å². The topological polar surface area (TPSA) is 64.9 Å². The molecule has 0 unspecified atom stereocenters. The summed E-state index contributed by atoms with van der Waals surface area (Å²) in [5, 5.41) is 15.2. The molecule has 0 bridgehead atoms. The SMILES string of the molecule is CCCCNC(=O)c1ccc(CNCc2cccc(C#N)c2)cc1. The predicted octanol–water partition coefficient (Wildman–Crippen LogP) is 3.38. The molecule has 2 aromatic carbocycles. The van der Waals surface area contributed by atoms with Gasteiger partial charge in [-0.3, -0.25) is 4.79 Å². The maximum Gasteiger partial charge on any atom is 0.251 e. The first kappa shape index (κ1) is 17.7. The van der Waals surface area contributed by atoms with E-state index >= 15 is 0 Å². The second kappa shape index (κ2) is 9.49. The standard InChI is InChI=1S/C20H23N3O/c1-2-3-11-23-20(24)19-9-7-16(8-10-19)14-22-15-18-6-4-5-17(12-18)13-21/h4-10,12,22H,2-3,11,14-15H2,1H3,(H,23,24). The molecule has 0 radical (unpaired) electrons. The highest BCUT2D eigenvalue weighted by Crippen LogP contribution is 2.07. The zero-order valence-electron chi connectivity index (χ0n) is 14.0. The van der Waals surface area contributed by atoms with E-state index in [0.717, 1.165) is 30.5 Å². The molecule has 0 aromatic heterocycles. The third-order valence-corrected chi connectivity index (χ3v) is 3.75. The molecule has 0 spiro atoms. The Morgan fingerprint density at radius 2 is 1.83 bits per heavy atom. The molecule has 2 rings (SSSR count). The van der Waals surface area contributed by atoms with Gasteiger partial charge in [-0.05, 0) is 41.8 Å². The van der Waals surface area contributed by atoms with Crippen molar-refractivity contribution in [1.82, 2.24) is 10.6 Å². The molecular weight excluding hydrogens is 298 g/mol. The number of hydrogen-bond acceptors (Lipinski definition) is 3. The van der Waals surface area contributed by atoms with Crippen molar-refractivity contribution in [2.75, 3.05) is 6.54 Å². The quantitative estimate of drug-likeness (QED) is 0.733. The van der Waals surface area contributed by atoms with Gasteiger partial charge in [0.1, 0.15) is 0 Å². The largest absolute Gasteiger partial charge is 0.352 e. The van der Waals surface area contributed by atoms with Crippen molar-refractivity contribution in [1.29, 1.82) is 5.26 Å².